The first-order valence-electron chi connectivity index (χ1n) is 6.40. The number of piperazine rings is 1. The van der Waals surface area contributed by atoms with Gasteiger partial charge in [-0.2, -0.15) is 0 Å². The Bertz CT molecular complexity index is 597. The SMILES string of the molecule is CCN1CCN(c2nc3c(F)cc(F)cc3s2)CC1.Cl. The Morgan fingerprint density at radius 1 is 1.20 bits per heavy atom. The Labute approximate surface area is 126 Å². The third-order valence-electron chi connectivity index (χ3n) is 3.49. The van der Waals surface area contributed by atoms with Crippen molar-refractivity contribution in [3.63, 3.8) is 0 Å². The molecule has 1 fully saturated rings. The highest BCUT2D eigenvalue weighted by Gasteiger charge is 2.20. The predicted molar refractivity (Wildman–Crippen MR) is 81.1 cm³/mol. The van der Waals surface area contributed by atoms with Gasteiger partial charge >= 0.3 is 0 Å². The standard InChI is InChI=1S/C13H15F2N3S.ClH/c1-2-17-3-5-18(6-4-17)13-16-12-10(15)7-9(14)8-11(12)19-13;/h7-8H,2-6H2,1H3;1H. The molecule has 0 amide bonds. The van der Waals surface area contributed by atoms with Crippen LogP contribution in [0.4, 0.5) is 13.9 Å². The van der Waals surface area contributed by atoms with Crippen molar-refractivity contribution < 1.29 is 8.78 Å². The molecule has 2 aromatic rings. The number of hydrogen-bond donors (Lipinski definition) is 0. The molecule has 0 spiro atoms. The van der Waals surface area contributed by atoms with Gasteiger partial charge in [0, 0.05) is 32.2 Å². The molecular formula is C13H16ClF2N3S. The largest absolute Gasteiger partial charge is 0.345 e. The van der Waals surface area contributed by atoms with E-state index in [1.54, 1.807) is 0 Å². The van der Waals surface area contributed by atoms with Gasteiger partial charge in [0.05, 0.1) is 4.70 Å². The zero-order valence-electron chi connectivity index (χ0n) is 11.1. The van der Waals surface area contributed by atoms with Gasteiger partial charge < -0.3 is 9.80 Å². The van der Waals surface area contributed by atoms with Gasteiger partial charge in [-0.25, -0.2) is 13.8 Å². The second-order valence-electron chi connectivity index (χ2n) is 4.65. The van der Waals surface area contributed by atoms with Crippen molar-refractivity contribution in [3.8, 4) is 0 Å². The molecule has 1 saturated heterocycles. The third-order valence-corrected chi connectivity index (χ3v) is 4.56. The van der Waals surface area contributed by atoms with Gasteiger partial charge in [-0.15, -0.1) is 12.4 Å². The molecule has 2 heterocycles. The molecule has 0 unspecified atom stereocenters. The number of thiazole rings is 1. The number of likely N-dealkylation sites (N-methyl/N-ethyl adjacent to an activating group) is 1. The highest BCUT2D eigenvalue weighted by atomic mass is 35.5. The fourth-order valence-corrected chi connectivity index (χ4v) is 3.39. The van der Waals surface area contributed by atoms with E-state index < -0.39 is 11.6 Å². The summed E-state index contributed by atoms with van der Waals surface area (Å²) in [5.74, 6) is -1.12. The van der Waals surface area contributed by atoms with Crippen molar-refractivity contribution in [1.29, 1.82) is 0 Å². The second kappa shape index (κ2) is 6.20. The minimum absolute atomic E-state index is 0. The predicted octanol–water partition coefficient (Wildman–Crippen LogP) is 3.14. The van der Waals surface area contributed by atoms with Crippen LogP contribution in [0.25, 0.3) is 10.2 Å². The number of aromatic nitrogens is 1. The first-order chi connectivity index (χ1) is 9.17. The van der Waals surface area contributed by atoms with Crippen LogP contribution >= 0.6 is 23.7 Å². The van der Waals surface area contributed by atoms with Gasteiger partial charge in [-0.3, -0.25) is 0 Å². The Balaban J connectivity index is 0.00000147. The Morgan fingerprint density at radius 2 is 1.90 bits per heavy atom. The lowest BCUT2D eigenvalue weighted by Gasteiger charge is -2.33. The van der Waals surface area contributed by atoms with E-state index in [4.69, 9.17) is 0 Å². The van der Waals surface area contributed by atoms with E-state index in [1.165, 1.54) is 17.4 Å². The fourth-order valence-electron chi connectivity index (χ4n) is 2.34. The van der Waals surface area contributed by atoms with Gasteiger partial charge in [-0.05, 0) is 12.6 Å². The van der Waals surface area contributed by atoms with Crippen LogP contribution in [-0.2, 0) is 0 Å². The average molecular weight is 320 g/mol. The summed E-state index contributed by atoms with van der Waals surface area (Å²) >= 11 is 1.36. The molecule has 110 valence electrons. The molecule has 0 N–H and O–H groups in total. The van der Waals surface area contributed by atoms with Crippen molar-refractivity contribution in [1.82, 2.24) is 9.88 Å². The monoisotopic (exact) mass is 319 g/mol. The minimum atomic E-state index is -0.579. The van der Waals surface area contributed by atoms with Gasteiger partial charge in [0.1, 0.15) is 11.3 Å². The number of benzene rings is 1. The highest BCUT2D eigenvalue weighted by Crippen LogP contribution is 2.31. The fraction of sp³-hybridized carbons (Fsp3) is 0.462. The van der Waals surface area contributed by atoms with Gasteiger partial charge in [0.2, 0.25) is 0 Å². The first-order valence-corrected chi connectivity index (χ1v) is 7.22. The summed E-state index contributed by atoms with van der Waals surface area (Å²) in [7, 11) is 0. The lowest BCUT2D eigenvalue weighted by molar-refractivity contribution is 0.271. The summed E-state index contributed by atoms with van der Waals surface area (Å²) in [6.07, 6.45) is 0. The molecule has 1 aromatic carbocycles. The summed E-state index contributed by atoms with van der Waals surface area (Å²) in [4.78, 5) is 8.82. The van der Waals surface area contributed by atoms with E-state index >= 15 is 0 Å². The van der Waals surface area contributed by atoms with Crippen LogP contribution in [0.1, 0.15) is 6.92 Å². The van der Waals surface area contributed by atoms with Crippen LogP contribution in [0.2, 0.25) is 0 Å². The van der Waals surface area contributed by atoms with E-state index in [2.05, 4.69) is 21.7 Å². The lowest BCUT2D eigenvalue weighted by Crippen LogP contribution is -2.46. The van der Waals surface area contributed by atoms with Crippen molar-refractivity contribution in [3.05, 3.63) is 23.8 Å². The normalized spacial score (nSPS) is 16.4. The molecule has 0 aliphatic carbocycles. The molecule has 3 rings (SSSR count). The van der Waals surface area contributed by atoms with Gasteiger partial charge in [0.25, 0.3) is 0 Å². The van der Waals surface area contributed by atoms with E-state index in [0.717, 1.165) is 43.9 Å². The number of hydrogen-bond acceptors (Lipinski definition) is 4. The van der Waals surface area contributed by atoms with Crippen molar-refractivity contribution in [2.45, 2.75) is 6.92 Å². The topological polar surface area (TPSA) is 19.4 Å². The van der Waals surface area contributed by atoms with Crippen LogP contribution in [0.15, 0.2) is 12.1 Å². The van der Waals surface area contributed by atoms with Crippen molar-refractivity contribution in [2.75, 3.05) is 37.6 Å². The van der Waals surface area contributed by atoms with E-state index in [0.29, 0.717) is 4.70 Å². The van der Waals surface area contributed by atoms with Crippen LogP contribution in [0.3, 0.4) is 0 Å². The van der Waals surface area contributed by atoms with Crippen LogP contribution < -0.4 is 4.90 Å². The molecule has 0 saturated carbocycles. The molecular weight excluding hydrogens is 304 g/mol. The second-order valence-corrected chi connectivity index (χ2v) is 5.66. The highest BCUT2D eigenvalue weighted by molar-refractivity contribution is 7.22. The molecule has 0 radical (unpaired) electrons. The van der Waals surface area contributed by atoms with Crippen LogP contribution in [0, 0.1) is 11.6 Å². The Hall–Kier alpha value is -0.980. The first kappa shape index (κ1) is 15.4. The Morgan fingerprint density at radius 3 is 2.55 bits per heavy atom. The molecule has 3 nitrogen and oxygen atoms in total. The molecule has 20 heavy (non-hydrogen) atoms. The zero-order chi connectivity index (χ0) is 13.4. The number of rotatable bonds is 2. The van der Waals surface area contributed by atoms with Crippen molar-refractivity contribution >= 4 is 39.1 Å². The van der Waals surface area contributed by atoms with Crippen LogP contribution in [0.5, 0.6) is 0 Å². The average Bonchev–Trinajstić information content (AvgIpc) is 2.83. The zero-order valence-corrected chi connectivity index (χ0v) is 12.7. The van der Waals surface area contributed by atoms with Gasteiger partial charge in [-0.1, -0.05) is 18.3 Å². The van der Waals surface area contributed by atoms with E-state index in [-0.39, 0.29) is 17.9 Å². The summed E-state index contributed by atoms with van der Waals surface area (Å²) in [6.45, 7) is 6.95. The van der Waals surface area contributed by atoms with E-state index in [9.17, 15) is 8.78 Å². The van der Waals surface area contributed by atoms with Crippen LogP contribution in [-0.4, -0.2) is 42.6 Å². The molecule has 1 aromatic heterocycles. The molecule has 0 atom stereocenters. The third kappa shape index (κ3) is 2.87. The molecule has 1 aliphatic rings. The Kier molecular flexibility index (Phi) is 4.78. The van der Waals surface area contributed by atoms with E-state index in [1.807, 2.05) is 0 Å². The van der Waals surface area contributed by atoms with Gasteiger partial charge in [0.15, 0.2) is 10.9 Å². The summed E-state index contributed by atoms with van der Waals surface area (Å²) in [6, 6.07) is 2.24. The summed E-state index contributed by atoms with van der Waals surface area (Å²) in [5.41, 5.74) is 0.277. The lowest BCUT2D eigenvalue weighted by atomic mass is 10.3. The minimum Gasteiger partial charge on any atom is -0.345 e. The number of halogens is 3. The summed E-state index contributed by atoms with van der Waals surface area (Å²) < 4.78 is 27.4. The number of nitrogens with zero attached hydrogens (tertiary/aromatic N) is 3. The molecule has 1 aliphatic heterocycles. The summed E-state index contributed by atoms with van der Waals surface area (Å²) in [5, 5.41) is 0.787. The number of fused-ring (bicyclic) bond motifs is 1. The maximum Gasteiger partial charge on any atom is 0.186 e. The molecule has 0 bridgehead atoms. The molecule has 7 heteroatoms. The smallest absolute Gasteiger partial charge is 0.186 e. The maximum atomic E-state index is 13.6. The number of anilines is 1. The quantitative estimate of drug-likeness (QED) is 0.847. The maximum absolute atomic E-state index is 13.6. The van der Waals surface area contributed by atoms with Crippen molar-refractivity contribution in [2.24, 2.45) is 0 Å².